The minimum absolute atomic E-state index is 0.0233. The summed E-state index contributed by atoms with van der Waals surface area (Å²) in [5.41, 5.74) is -0.175. The standard InChI is InChI=1S/C11H14F2N2OS/c1-6-8(2-4-14-6)15-11(16)9-7(10(12)13)3-5-17-9/h3,5-6,8,10,14H,2,4H2,1H3,(H,15,16)/t6-,8+/m0/s1. The van der Waals surface area contributed by atoms with Crippen LogP contribution in [-0.2, 0) is 0 Å². The Kier molecular flexibility index (Phi) is 3.73. The zero-order valence-corrected chi connectivity index (χ0v) is 10.2. The van der Waals surface area contributed by atoms with Crippen molar-refractivity contribution in [2.45, 2.75) is 31.9 Å². The van der Waals surface area contributed by atoms with E-state index < -0.39 is 12.3 Å². The van der Waals surface area contributed by atoms with Gasteiger partial charge in [0, 0.05) is 17.6 Å². The predicted molar refractivity (Wildman–Crippen MR) is 62.6 cm³/mol. The molecular weight excluding hydrogens is 246 g/mol. The zero-order valence-electron chi connectivity index (χ0n) is 9.37. The third-order valence-corrected chi connectivity index (χ3v) is 3.91. The third-order valence-electron chi connectivity index (χ3n) is 2.98. The summed E-state index contributed by atoms with van der Waals surface area (Å²) >= 11 is 1.06. The molecule has 1 aromatic rings. The molecule has 1 amide bonds. The van der Waals surface area contributed by atoms with Crippen molar-refractivity contribution in [3.8, 4) is 0 Å². The first-order chi connectivity index (χ1) is 8.09. The molecule has 1 aliphatic rings. The van der Waals surface area contributed by atoms with Crippen LogP contribution in [0.2, 0.25) is 0 Å². The molecule has 2 atom stereocenters. The first-order valence-electron chi connectivity index (χ1n) is 5.49. The van der Waals surface area contributed by atoms with Gasteiger partial charge in [-0.2, -0.15) is 0 Å². The van der Waals surface area contributed by atoms with Gasteiger partial charge in [-0.25, -0.2) is 8.78 Å². The topological polar surface area (TPSA) is 41.1 Å². The number of amides is 1. The summed E-state index contributed by atoms with van der Waals surface area (Å²) in [6.45, 7) is 2.82. The smallest absolute Gasteiger partial charge is 0.265 e. The van der Waals surface area contributed by atoms with Crippen LogP contribution in [0.1, 0.15) is 35.0 Å². The van der Waals surface area contributed by atoms with Crippen molar-refractivity contribution in [2.75, 3.05) is 6.54 Å². The van der Waals surface area contributed by atoms with Crippen molar-refractivity contribution < 1.29 is 13.6 Å². The molecule has 2 rings (SSSR count). The van der Waals surface area contributed by atoms with Gasteiger partial charge in [-0.15, -0.1) is 11.3 Å². The SMILES string of the molecule is C[C@@H]1NCC[C@H]1NC(=O)c1sccc1C(F)F. The molecule has 3 nitrogen and oxygen atoms in total. The molecule has 0 saturated carbocycles. The lowest BCUT2D eigenvalue weighted by molar-refractivity contribution is 0.0927. The molecule has 0 aromatic carbocycles. The summed E-state index contributed by atoms with van der Waals surface area (Å²) in [7, 11) is 0. The van der Waals surface area contributed by atoms with E-state index in [9.17, 15) is 13.6 Å². The summed E-state index contributed by atoms with van der Waals surface area (Å²) < 4.78 is 25.3. The molecule has 2 heterocycles. The molecule has 0 aliphatic carbocycles. The molecule has 0 unspecified atom stereocenters. The van der Waals surface area contributed by atoms with Crippen molar-refractivity contribution >= 4 is 17.2 Å². The fraction of sp³-hybridized carbons (Fsp3) is 0.545. The van der Waals surface area contributed by atoms with E-state index in [1.807, 2.05) is 6.92 Å². The summed E-state index contributed by atoms with van der Waals surface area (Å²) in [5.74, 6) is -0.393. The number of rotatable bonds is 3. The number of nitrogens with one attached hydrogen (secondary N) is 2. The lowest BCUT2D eigenvalue weighted by Crippen LogP contribution is -2.41. The van der Waals surface area contributed by atoms with Crippen molar-refractivity contribution in [3.63, 3.8) is 0 Å². The Morgan fingerprint density at radius 1 is 1.65 bits per heavy atom. The maximum absolute atomic E-state index is 12.6. The van der Waals surface area contributed by atoms with Gasteiger partial charge in [0.15, 0.2) is 0 Å². The van der Waals surface area contributed by atoms with Gasteiger partial charge >= 0.3 is 0 Å². The molecule has 0 radical (unpaired) electrons. The quantitative estimate of drug-likeness (QED) is 0.874. The maximum Gasteiger partial charge on any atom is 0.265 e. The van der Waals surface area contributed by atoms with Crippen molar-refractivity contribution in [1.82, 2.24) is 10.6 Å². The van der Waals surface area contributed by atoms with E-state index in [-0.39, 0.29) is 22.5 Å². The van der Waals surface area contributed by atoms with E-state index in [2.05, 4.69) is 10.6 Å². The number of halogens is 2. The van der Waals surface area contributed by atoms with Crippen molar-refractivity contribution in [2.24, 2.45) is 0 Å². The molecular formula is C11H14F2N2OS. The van der Waals surface area contributed by atoms with Gasteiger partial charge in [-0.1, -0.05) is 0 Å². The van der Waals surface area contributed by atoms with Crippen molar-refractivity contribution in [3.05, 3.63) is 21.9 Å². The first kappa shape index (κ1) is 12.4. The predicted octanol–water partition coefficient (Wildman–Crippen LogP) is 2.17. The fourth-order valence-electron chi connectivity index (χ4n) is 1.97. The van der Waals surface area contributed by atoms with Gasteiger partial charge in [0.2, 0.25) is 0 Å². The van der Waals surface area contributed by atoms with E-state index in [0.29, 0.717) is 0 Å². The van der Waals surface area contributed by atoms with Crippen LogP contribution in [-0.4, -0.2) is 24.5 Å². The zero-order chi connectivity index (χ0) is 12.4. The molecule has 1 fully saturated rings. The number of carbonyl (C=O) groups excluding carboxylic acids is 1. The molecule has 94 valence electrons. The van der Waals surface area contributed by atoms with E-state index >= 15 is 0 Å². The van der Waals surface area contributed by atoms with Gasteiger partial charge in [0.1, 0.15) is 4.88 Å². The average Bonchev–Trinajstić information content (AvgIpc) is 2.87. The molecule has 1 aliphatic heterocycles. The highest BCUT2D eigenvalue weighted by Crippen LogP contribution is 2.27. The minimum atomic E-state index is -2.60. The number of thiophene rings is 1. The second kappa shape index (κ2) is 5.10. The van der Waals surface area contributed by atoms with Gasteiger partial charge in [0.05, 0.1) is 0 Å². The number of hydrogen-bond acceptors (Lipinski definition) is 3. The molecule has 0 spiro atoms. The van der Waals surface area contributed by atoms with Crippen LogP contribution in [0.25, 0.3) is 0 Å². The monoisotopic (exact) mass is 260 g/mol. The van der Waals surface area contributed by atoms with E-state index in [1.54, 1.807) is 0 Å². The molecule has 6 heteroatoms. The van der Waals surface area contributed by atoms with Crippen LogP contribution in [0.15, 0.2) is 11.4 Å². The lowest BCUT2D eigenvalue weighted by Gasteiger charge is -2.16. The fourth-order valence-corrected chi connectivity index (χ4v) is 2.78. The van der Waals surface area contributed by atoms with Crippen LogP contribution in [0.4, 0.5) is 8.78 Å². The Labute approximate surface area is 102 Å². The Morgan fingerprint density at radius 2 is 2.41 bits per heavy atom. The van der Waals surface area contributed by atoms with E-state index in [4.69, 9.17) is 0 Å². The van der Waals surface area contributed by atoms with Crippen LogP contribution < -0.4 is 10.6 Å². The van der Waals surface area contributed by atoms with Crippen LogP contribution in [0.3, 0.4) is 0 Å². The third kappa shape index (κ3) is 2.63. The number of hydrogen-bond donors (Lipinski definition) is 2. The first-order valence-corrected chi connectivity index (χ1v) is 6.37. The molecule has 1 saturated heterocycles. The molecule has 0 bridgehead atoms. The summed E-state index contributed by atoms with van der Waals surface area (Å²) in [6.07, 6.45) is -1.76. The minimum Gasteiger partial charge on any atom is -0.347 e. The Balaban J connectivity index is 2.06. The maximum atomic E-state index is 12.6. The largest absolute Gasteiger partial charge is 0.347 e. The highest BCUT2D eigenvalue weighted by Gasteiger charge is 2.27. The number of carbonyl (C=O) groups is 1. The highest BCUT2D eigenvalue weighted by molar-refractivity contribution is 7.12. The second-order valence-corrected chi connectivity index (χ2v) is 5.03. The number of alkyl halides is 2. The summed E-state index contributed by atoms with van der Waals surface area (Å²) in [6, 6.07) is 1.52. The average molecular weight is 260 g/mol. The van der Waals surface area contributed by atoms with E-state index in [0.717, 1.165) is 24.3 Å². The Hall–Kier alpha value is -1.01. The van der Waals surface area contributed by atoms with Crippen LogP contribution in [0.5, 0.6) is 0 Å². The highest BCUT2D eigenvalue weighted by atomic mass is 32.1. The summed E-state index contributed by atoms with van der Waals surface area (Å²) in [5, 5.41) is 7.52. The molecule has 2 N–H and O–H groups in total. The van der Waals surface area contributed by atoms with Gasteiger partial charge < -0.3 is 10.6 Å². The van der Waals surface area contributed by atoms with Crippen LogP contribution in [0, 0.1) is 0 Å². The van der Waals surface area contributed by atoms with Gasteiger partial charge in [-0.3, -0.25) is 4.79 Å². The van der Waals surface area contributed by atoms with E-state index in [1.165, 1.54) is 11.4 Å². The second-order valence-electron chi connectivity index (χ2n) is 4.12. The lowest BCUT2D eigenvalue weighted by atomic mass is 10.1. The van der Waals surface area contributed by atoms with Gasteiger partial charge in [0.25, 0.3) is 12.3 Å². The molecule has 17 heavy (non-hydrogen) atoms. The normalized spacial score (nSPS) is 24.2. The van der Waals surface area contributed by atoms with Crippen LogP contribution >= 0.6 is 11.3 Å². The summed E-state index contributed by atoms with van der Waals surface area (Å²) in [4.78, 5) is 12.0. The molecule has 1 aromatic heterocycles. The Morgan fingerprint density at radius 3 is 3.00 bits per heavy atom. The van der Waals surface area contributed by atoms with Gasteiger partial charge in [-0.05, 0) is 31.3 Å². The van der Waals surface area contributed by atoms with Crippen molar-refractivity contribution in [1.29, 1.82) is 0 Å². The Bertz CT molecular complexity index is 408.